The number of rotatable bonds is 3. The van der Waals surface area contributed by atoms with Crippen molar-refractivity contribution in [3.05, 3.63) is 40.1 Å². The normalized spacial score (nSPS) is 10.8. The predicted octanol–water partition coefficient (Wildman–Crippen LogP) is 1.84. The van der Waals surface area contributed by atoms with Crippen molar-refractivity contribution in [1.29, 1.82) is 0 Å². The van der Waals surface area contributed by atoms with Crippen molar-refractivity contribution in [2.24, 2.45) is 7.05 Å². The van der Waals surface area contributed by atoms with Crippen molar-refractivity contribution in [1.82, 2.24) is 19.5 Å². The van der Waals surface area contributed by atoms with Crippen LogP contribution in [-0.2, 0) is 11.8 Å². The smallest absolute Gasteiger partial charge is 0.278 e. The van der Waals surface area contributed by atoms with Crippen LogP contribution in [0.1, 0.15) is 12.5 Å². The Morgan fingerprint density at radius 2 is 2.00 bits per heavy atom. The topological polar surface area (TPSA) is 102 Å². The molecule has 9 heteroatoms. The molecule has 0 fully saturated rings. The number of carbonyl (C=O) groups is 1. The van der Waals surface area contributed by atoms with E-state index in [1.807, 2.05) is 0 Å². The molecule has 0 aliphatic heterocycles. The number of hydrogen-bond donors (Lipinski definition) is 2. The molecule has 0 aliphatic rings. The van der Waals surface area contributed by atoms with Crippen molar-refractivity contribution in [3.8, 4) is 11.3 Å². The molecule has 8 nitrogen and oxygen atoms in total. The number of halogens is 1. The van der Waals surface area contributed by atoms with Crippen LogP contribution in [0.4, 0.5) is 16.0 Å². The third-order valence-electron chi connectivity index (χ3n) is 3.91. The number of nitrogens with one attached hydrogen (secondary N) is 2. The van der Waals surface area contributed by atoms with Crippen LogP contribution in [0.2, 0.25) is 0 Å². The van der Waals surface area contributed by atoms with Gasteiger partial charge in [-0.05, 0) is 24.6 Å². The van der Waals surface area contributed by atoms with Gasteiger partial charge in [0.05, 0.1) is 11.9 Å². The van der Waals surface area contributed by atoms with E-state index in [1.165, 1.54) is 29.8 Å². The van der Waals surface area contributed by atoms with E-state index in [1.54, 1.807) is 21.0 Å². The van der Waals surface area contributed by atoms with Crippen LogP contribution in [0.25, 0.3) is 22.4 Å². The monoisotopic (exact) mass is 356 g/mol. The highest BCUT2D eigenvalue weighted by molar-refractivity contribution is 5.90. The first-order valence-electron chi connectivity index (χ1n) is 7.81. The van der Waals surface area contributed by atoms with Gasteiger partial charge in [0.2, 0.25) is 11.9 Å². The molecule has 1 amide bonds. The van der Waals surface area contributed by atoms with Crippen LogP contribution in [-0.4, -0.2) is 32.5 Å². The van der Waals surface area contributed by atoms with E-state index in [-0.39, 0.29) is 16.9 Å². The maximum Gasteiger partial charge on any atom is 0.278 e. The maximum absolute atomic E-state index is 14.1. The summed E-state index contributed by atoms with van der Waals surface area (Å²) < 4.78 is 15.4. The zero-order valence-electron chi connectivity index (χ0n) is 14.7. The second kappa shape index (κ2) is 6.51. The Hall–Kier alpha value is -3.36. The second-order valence-corrected chi connectivity index (χ2v) is 5.81. The molecule has 0 saturated carbocycles. The minimum Gasteiger partial charge on any atom is -0.357 e. The van der Waals surface area contributed by atoms with Gasteiger partial charge < -0.3 is 10.6 Å². The maximum atomic E-state index is 14.1. The van der Waals surface area contributed by atoms with Crippen LogP contribution < -0.4 is 16.2 Å². The summed E-state index contributed by atoms with van der Waals surface area (Å²) >= 11 is 0. The van der Waals surface area contributed by atoms with Gasteiger partial charge >= 0.3 is 0 Å². The third-order valence-corrected chi connectivity index (χ3v) is 3.91. The first-order valence-corrected chi connectivity index (χ1v) is 7.81. The van der Waals surface area contributed by atoms with Gasteiger partial charge in [0, 0.05) is 26.6 Å². The molecule has 0 radical (unpaired) electrons. The summed E-state index contributed by atoms with van der Waals surface area (Å²) in [6, 6.07) is 2.66. The number of hydrogen-bond acceptors (Lipinski definition) is 6. The van der Waals surface area contributed by atoms with Gasteiger partial charge in [-0.15, -0.1) is 0 Å². The van der Waals surface area contributed by atoms with Gasteiger partial charge in [0.15, 0.2) is 5.65 Å². The molecular formula is C17H17FN6O2. The fourth-order valence-electron chi connectivity index (χ4n) is 2.62. The number of aromatic nitrogens is 4. The van der Waals surface area contributed by atoms with Crippen molar-refractivity contribution in [2.45, 2.75) is 13.8 Å². The average molecular weight is 356 g/mol. The molecule has 2 N–H and O–H groups in total. The Bertz CT molecular complexity index is 1090. The lowest BCUT2D eigenvalue weighted by molar-refractivity contribution is -0.114. The van der Waals surface area contributed by atoms with Crippen LogP contribution in [0.15, 0.2) is 23.1 Å². The molecule has 2 heterocycles. The molecule has 26 heavy (non-hydrogen) atoms. The van der Waals surface area contributed by atoms with Crippen molar-refractivity contribution < 1.29 is 9.18 Å². The molecule has 0 spiro atoms. The van der Waals surface area contributed by atoms with Crippen LogP contribution in [0, 0.1) is 12.7 Å². The largest absolute Gasteiger partial charge is 0.357 e. The summed E-state index contributed by atoms with van der Waals surface area (Å²) in [5.41, 5.74) is 1.48. The van der Waals surface area contributed by atoms with Gasteiger partial charge in [-0.2, -0.15) is 4.98 Å². The number of amides is 1. The molecule has 0 atom stereocenters. The van der Waals surface area contributed by atoms with Gasteiger partial charge in [0.25, 0.3) is 5.56 Å². The molecule has 0 saturated heterocycles. The molecule has 2 aromatic heterocycles. The van der Waals surface area contributed by atoms with E-state index in [9.17, 15) is 14.0 Å². The zero-order valence-corrected chi connectivity index (χ0v) is 14.7. The molecule has 0 unspecified atom stereocenters. The summed E-state index contributed by atoms with van der Waals surface area (Å²) in [7, 11) is 3.25. The highest BCUT2D eigenvalue weighted by Gasteiger charge is 2.17. The molecule has 3 rings (SSSR count). The molecule has 3 aromatic rings. The van der Waals surface area contributed by atoms with E-state index in [2.05, 4.69) is 25.6 Å². The summed E-state index contributed by atoms with van der Waals surface area (Å²) in [6.45, 7) is 2.95. The molecule has 0 bridgehead atoms. The zero-order chi connectivity index (χ0) is 19.0. The van der Waals surface area contributed by atoms with Gasteiger partial charge in [-0.3, -0.25) is 14.2 Å². The number of benzene rings is 1. The fourth-order valence-corrected chi connectivity index (χ4v) is 2.62. The van der Waals surface area contributed by atoms with Crippen molar-refractivity contribution in [2.75, 3.05) is 17.7 Å². The van der Waals surface area contributed by atoms with E-state index in [0.717, 1.165) is 0 Å². The Balaban J connectivity index is 2.27. The van der Waals surface area contributed by atoms with Gasteiger partial charge in [0.1, 0.15) is 17.0 Å². The third kappa shape index (κ3) is 2.99. The lowest BCUT2D eigenvalue weighted by atomic mass is 10.0. The summed E-state index contributed by atoms with van der Waals surface area (Å²) in [6.07, 6.45) is 1.50. The standard InChI is InChI=1S/C17H17FN6O2/c1-8-5-11(18)12(21-9(2)25)6-10(8)14-16(26)24(4)15-13(22-14)7-20-17(19-3)23-15/h5-7H,1-4H3,(H,21,25)(H,19,20,23). The number of nitrogens with zero attached hydrogens (tertiary/aromatic N) is 4. The Labute approximate surface area is 148 Å². The predicted molar refractivity (Wildman–Crippen MR) is 96.6 cm³/mol. The fraction of sp³-hybridized carbons (Fsp3) is 0.235. The minimum absolute atomic E-state index is 0.0103. The summed E-state index contributed by atoms with van der Waals surface area (Å²) in [5, 5.41) is 5.22. The number of carbonyl (C=O) groups excluding carboxylic acids is 1. The van der Waals surface area contributed by atoms with Crippen molar-refractivity contribution >= 4 is 28.7 Å². The van der Waals surface area contributed by atoms with Crippen LogP contribution in [0.3, 0.4) is 0 Å². The number of anilines is 2. The number of aryl methyl sites for hydroxylation is 2. The lowest BCUT2D eigenvalue weighted by Gasteiger charge is -2.12. The summed E-state index contributed by atoms with van der Waals surface area (Å²) in [4.78, 5) is 36.8. The van der Waals surface area contributed by atoms with Gasteiger partial charge in [-0.25, -0.2) is 14.4 Å². The highest BCUT2D eigenvalue weighted by Crippen LogP contribution is 2.27. The SMILES string of the molecule is CNc1ncc2nc(-c3cc(NC(C)=O)c(F)cc3C)c(=O)n(C)c2n1. The van der Waals surface area contributed by atoms with E-state index < -0.39 is 11.7 Å². The molecule has 134 valence electrons. The molecule has 1 aromatic carbocycles. The van der Waals surface area contributed by atoms with Crippen LogP contribution >= 0.6 is 0 Å². The first-order chi connectivity index (χ1) is 12.3. The average Bonchev–Trinajstić information content (AvgIpc) is 2.60. The van der Waals surface area contributed by atoms with Gasteiger partial charge in [-0.1, -0.05) is 0 Å². The van der Waals surface area contributed by atoms with E-state index >= 15 is 0 Å². The minimum atomic E-state index is -0.582. The molecule has 0 aliphatic carbocycles. The van der Waals surface area contributed by atoms with Crippen molar-refractivity contribution in [3.63, 3.8) is 0 Å². The lowest BCUT2D eigenvalue weighted by Crippen LogP contribution is -2.22. The number of fused-ring (bicyclic) bond motifs is 1. The summed E-state index contributed by atoms with van der Waals surface area (Å²) in [5.74, 6) is -0.625. The van der Waals surface area contributed by atoms with E-state index in [0.29, 0.717) is 28.2 Å². The highest BCUT2D eigenvalue weighted by atomic mass is 19.1. The van der Waals surface area contributed by atoms with Crippen LogP contribution in [0.5, 0.6) is 0 Å². The molecular weight excluding hydrogens is 339 g/mol. The quantitative estimate of drug-likeness (QED) is 0.742. The first kappa shape index (κ1) is 17.5. The van der Waals surface area contributed by atoms with E-state index in [4.69, 9.17) is 0 Å². The Morgan fingerprint density at radius 1 is 1.27 bits per heavy atom. The Morgan fingerprint density at radius 3 is 2.65 bits per heavy atom. The Kier molecular flexibility index (Phi) is 4.37. The second-order valence-electron chi connectivity index (χ2n) is 5.81.